The molecule has 8 aromatic carbocycles. The van der Waals surface area contributed by atoms with Gasteiger partial charge in [-0.25, -0.2) is 0 Å². The smallest absolute Gasteiger partial charge is 0.135 e. The maximum Gasteiger partial charge on any atom is 0.135 e. The van der Waals surface area contributed by atoms with E-state index < -0.39 is 0 Å². The summed E-state index contributed by atoms with van der Waals surface area (Å²) in [7, 11) is 0. The Hall–Kier alpha value is -5.92. The van der Waals surface area contributed by atoms with Crippen LogP contribution in [0.3, 0.4) is 0 Å². The minimum atomic E-state index is 0.909. The van der Waals surface area contributed by atoms with E-state index >= 15 is 0 Å². The molecule has 208 valence electrons. The van der Waals surface area contributed by atoms with Gasteiger partial charge >= 0.3 is 0 Å². The lowest BCUT2D eigenvalue weighted by molar-refractivity contribution is 0.669. The van der Waals surface area contributed by atoms with Crippen LogP contribution < -0.4 is 0 Å². The zero-order chi connectivity index (χ0) is 29.5. The highest BCUT2D eigenvalue weighted by Crippen LogP contribution is 2.57. The topological polar surface area (TPSA) is 13.1 Å². The molecule has 1 heterocycles. The van der Waals surface area contributed by atoms with E-state index in [2.05, 4.69) is 158 Å². The molecule has 0 amide bonds. The van der Waals surface area contributed by atoms with E-state index in [4.69, 9.17) is 4.42 Å². The largest absolute Gasteiger partial charge is 0.456 e. The Morgan fingerprint density at radius 3 is 1.44 bits per heavy atom. The van der Waals surface area contributed by atoms with Gasteiger partial charge in [0, 0.05) is 10.8 Å². The molecule has 0 aliphatic heterocycles. The zero-order valence-corrected chi connectivity index (χ0v) is 24.4. The Morgan fingerprint density at radius 2 is 0.822 bits per heavy atom. The van der Waals surface area contributed by atoms with Crippen LogP contribution in [0.25, 0.3) is 99.1 Å². The summed E-state index contributed by atoms with van der Waals surface area (Å²) < 4.78 is 6.39. The summed E-state index contributed by atoms with van der Waals surface area (Å²) in [5.74, 6) is 0. The van der Waals surface area contributed by atoms with Gasteiger partial charge in [-0.3, -0.25) is 0 Å². The number of rotatable bonds is 3. The van der Waals surface area contributed by atoms with Gasteiger partial charge in [0.25, 0.3) is 0 Å². The molecular formula is C44H26O. The van der Waals surface area contributed by atoms with Crippen LogP contribution in [0.2, 0.25) is 0 Å². The highest BCUT2D eigenvalue weighted by molar-refractivity contribution is 6.27. The first-order valence-corrected chi connectivity index (χ1v) is 15.5. The molecule has 0 saturated heterocycles. The summed E-state index contributed by atoms with van der Waals surface area (Å²) in [6.45, 7) is 0. The number of hydrogen-bond donors (Lipinski definition) is 0. The van der Waals surface area contributed by atoms with Crippen molar-refractivity contribution < 1.29 is 4.42 Å². The number of hydrogen-bond acceptors (Lipinski definition) is 1. The van der Waals surface area contributed by atoms with Gasteiger partial charge in [0.15, 0.2) is 0 Å². The zero-order valence-electron chi connectivity index (χ0n) is 24.4. The van der Waals surface area contributed by atoms with Crippen molar-refractivity contribution in [1.82, 2.24) is 0 Å². The van der Waals surface area contributed by atoms with E-state index in [1.807, 2.05) is 0 Å². The molecule has 45 heavy (non-hydrogen) atoms. The second-order valence-electron chi connectivity index (χ2n) is 12.0. The van der Waals surface area contributed by atoms with E-state index in [1.165, 1.54) is 77.2 Å². The van der Waals surface area contributed by atoms with Crippen molar-refractivity contribution in [3.63, 3.8) is 0 Å². The van der Waals surface area contributed by atoms with E-state index in [1.54, 1.807) is 0 Å². The Bertz CT molecular complexity index is 2620. The minimum Gasteiger partial charge on any atom is -0.456 e. The van der Waals surface area contributed by atoms with Gasteiger partial charge in [0.05, 0.1) is 0 Å². The molecule has 0 N–H and O–H groups in total. The molecule has 1 nitrogen and oxygen atoms in total. The van der Waals surface area contributed by atoms with Crippen LogP contribution in [-0.4, -0.2) is 0 Å². The third kappa shape index (κ3) is 3.50. The number of furan rings is 1. The molecule has 0 unspecified atom stereocenters. The molecule has 9 aromatic rings. The Kier molecular flexibility index (Phi) is 5.06. The van der Waals surface area contributed by atoms with Gasteiger partial charge in [0.2, 0.25) is 0 Å². The monoisotopic (exact) mass is 570 g/mol. The SMILES string of the molecule is c1ccc(-c2ccc3oc4ccc(-c5c6c(c(-c7ccccc7)c7ccccc57)-c5cccc7cccc-6c57)cc4c3c2)cc1. The van der Waals surface area contributed by atoms with E-state index in [0.717, 1.165) is 21.9 Å². The molecule has 0 saturated carbocycles. The van der Waals surface area contributed by atoms with E-state index in [-0.39, 0.29) is 0 Å². The van der Waals surface area contributed by atoms with Crippen LogP contribution in [0, 0.1) is 0 Å². The molecule has 10 rings (SSSR count). The predicted molar refractivity (Wildman–Crippen MR) is 189 cm³/mol. The second-order valence-corrected chi connectivity index (χ2v) is 12.0. The Morgan fingerprint density at radius 1 is 0.311 bits per heavy atom. The summed E-state index contributed by atoms with van der Waals surface area (Å²) >= 11 is 0. The lowest BCUT2D eigenvalue weighted by Crippen LogP contribution is -1.93. The van der Waals surface area contributed by atoms with Gasteiger partial charge in [-0.15, -0.1) is 0 Å². The summed E-state index contributed by atoms with van der Waals surface area (Å²) in [6.07, 6.45) is 0. The average molecular weight is 571 g/mol. The molecular weight excluding hydrogens is 544 g/mol. The van der Waals surface area contributed by atoms with Crippen LogP contribution >= 0.6 is 0 Å². The fourth-order valence-electron chi connectivity index (χ4n) is 7.68. The van der Waals surface area contributed by atoms with Crippen LogP contribution in [-0.2, 0) is 0 Å². The predicted octanol–water partition coefficient (Wildman–Crippen LogP) is 12.5. The van der Waals surface area contributed by atoms with Gasteiger partial charge in [-0.1, -0.05) is 133 Å². The van der Waals surface area contributed by atoms with Crippen LogP contribution in [0.5, 0.6) is 0 Å². The first kappa shape index (κ1) is 24.5. The van der Waals surface area contributed by atoms with Gasteiger partial charge < -0.3 is 4.42 Å². The fourth-order valence-corrected chi connectivity index (χ4v) is 7.68. The van der Waals surface area contributed by atoms with E-state index in [9.17, 15) is 0 Å². The summed E-state index contributed by atoms with van der Waals surface area (Å²) in [5, 5.41) is 7.42. The molecule has 0 spiro atoms. The quantitative estimate of drug-likeness (QED) is 0.206. The molecule has 1 heteroatoms. The first-order valence-electron chi connectivity index (χ1n) is 15.5. The maximum atomic E-state index is 6.39. The normalized spacial score (nSPS) is 12.0. The average Bonchev–Trinajstić information content (AvgIpc) is 3.64. The minimum absolute atomic E-state index is 0.909. The summed E-state index contributed by atoms with van der Waals surface area (Å²) in [6, 6.07) is 57.2. The van der Waals surface area contributed by atoms with Crippen molar-refractivity contribution in [2.24, 2.45) is 0 Å². The van der Waals surface area contributed by atoms with Crippen molar-refractivity contribution in [2.75, 3.05) is 0 Å². The van der Waals surface area contributed by atoms with Gasteiger partial charge in [-0.05, 0) is 101 Å². The van der Waals surface area contributed by atoms with Gasteiger partial charge in [-0.2, -0.15) is 0 Å². The highest BCUT2D eigenvalue weighted by Gasteiger charge is 2.30. The molecule has 0 radical (unpaired) electrons. The Balaban J connectivity index is 1.33. The first-order chi connectivity index (χ1) is 22.3. The molecule has 1 aromatic heterocycles. The highest BCUT2D eigenvalue weighted by atomic mass is 16.3. The lowest BCUT2D eigenvalue weighted by atomic mass is 9.82. The third-order valence-electron chi connectivity index (χ3n) is 9.59. The molecule has 1 aliphatic rings. The summed E-state index contributed by atoms with van der Waals surface area (Å²) in [5.41, 5.74) is 14.5. The van der Waals surface area contributed by atoms with Crippen molar-refractivity contribution in [1.29, 1.82) is 0 Å². The Labute approximate surface area is 260 Å². The molecule has 0 fully saturated rings. The van der Waals surface area contributed by atoms with Crippen molar-refractivity contribution in [3.05, 3.63) is 158 Å². The number of benzene rings is 8. The van der Waals surface area contributed by atoms with Gasteiger partial charge in [0.1, 0.15) is 11.2 Å². The van der Waals surface area contributed by atoms with E-state index in [0.29, 0.717) is 0 Å². The van der Waals surface area contributed by atoms with Crippen LogP contribution in [0.1, 0.15) is 0 Å². The summed E-state index contributed by atoms with van der Waals surface area (Å²) in [4.78, 5) is 0. The van der Waals surface area contributed by atoms with Crippen molar-refractivity contribution in [3.8, 4) is 55.6 Å². The second kappa shape index (κ2) is 9.29. The lowest BCUT2D eigenvalue weighted by Gasteiger charge is -2.20. The molecule has 0 atom stereocenters. The maximum absolute atomic E-state index is 6.39. The standard InChI is InChI=1S/C44H26O/c1-3-11-27(12-4-1)30-21-23-38-36(25-30)37-26-31(22-24-39(37)45-38)42-33-18-8-7-17-32(33)41(29-13-5-2-6-14-29)43-34-19-9-15-28-16-10-20-35(40(28)34)44(42)43/h1-26H. The fraction of sp³-hybridized carbons (Fsp3) is 0. The number of fused-ring (bicyclic) bond motifs is 7. The molecule has 0 bridgehead atoms. The van der Waals surface area contributed by atoms with Crippen LogP contribution in [0.4, 0.5) is 0 Å². The molecule has 1 aliphatic carbocycles. The third-order valence-corrected chi connectivity index (χ3v) is 9.59. The van der Waals surface area contributed by atoms with Crippen molar-refractivity contribution in [2.45, 2.75) is 0 Å². The van der Waals surface area contributed by atoms with Crippen molar-refractivity contribution >= 4 is 43.5 Å². The van der Waals surface area contributed by atoms with Crippen LogP contribution in [0.15, 0.2) is 162 Å².